The Balaban J connectivity index is 1.73. The summed E-state index contributed by atoms with van der Waals surface area (Å²) in [4.78, 5) is 13.4. The van der Waals surface area contributed by atoms with Crippen molar-refractivity contribution >= 4 is 28.2 Å². The molecular weight excluding hydrogens is 352 g/mol. The van der Waals surface area contributed by atoms with E-state index in [-0.39, 0.29) is 11.7 Å². The van der Waals surface area contributed by atoms with E-state index in [0.717, 1.165) is 27.5 Å². The summed E-state index contributed by atoms with van der Waals surface area (Å²) in [6, 6.07) is 31.9. The van der Waals surface area contributed by atoms with Crippen LogP contribution in [0.3, 0.4) is 0 Å². The predicted octanol–water partition coefficient (Wildman–Crippen LogP) is 6.44. The number of hydrogen-bond acceptors (Lipinski definition) is 1. The Morgan fingerprint density at radius 3 is 2.11 bits per heavy atom. The molecule has 0 saturated heterocycles. The highest BCUT2D eigenvalue weighted by molar-refractivity contribution is 6.30. The van der Waals surface area contributed by atoms with Gasteiger partial charge in [-0.15, -0.1) is 0 Å². The molecule has 0 saturated carbocycles. The summed E-state index contributed by atoms with van der Waals surface area (Å²) in [6.07, 6.45) is 0.392. The molecule has 0 heterocycles. The molecule has 132 valence electrons. The van der Waals surface area contributed by atoms with Crippen molar-refractivity contribution in [3.05, 3.63) is 119 Å². The minimum absolute atomic E-state index is 0.180. The number of halogens is 1. The van der Waals surface area contributed by atoms with E-state index in [1.165, 1.54) is 0 Å². The van der Waals surface area contributed by atoms with Crippen molar-refractivity contribution in [2.45, 2.75) is 12.3 Å². The minimum atomic E-state index is -0.303. The molecule has 0 N–H and O–H groups in total. The van der Waals surface area contributed by atoms with E-state index in [1.807, 2.05) is 78.9 Å². The van der Waals surface area contributed by atoms with Crippen LogP contribution in [-0.4, -0.2) is 5.78 Å². The SMILES string of the molecule is O=C(Cc1cccc2ccccc12)C(c1ccccc1)c1ccc(Cl)cc1. The Hall–Kier alpha value is -2.90. The van der Waals surface area contributed by atoms with Gasteiger partial charge in [-0.25, -0.2) is 0 Å². The zero-order chi connectivity index (χ0) is 18.6. The molecule has 0 aromatic heterocycles. The maximum atomic E-state index is 13.4. The van der Waals surface area contributed by atoms with Crippen LogP contribution in [0.5, 0.6) is 0 Å². The average Bonchev–Trinajstić information content (AvgIpc) is 2.71. The zero-order valence-electron chi connectivity index (χ0n) is 14.8. The van der Waals surface area contributed by atoms with Gasteiger partial charge < -0.3 is 0 Å². The summed E-state index contributed by atoms with van der Waals surface area (Å²) >= 11 is 6.05. The number of rotatable bonds is 5. The molecule has 1 atom stereocenters. The number of ketones is 1. The van der Waals surface area contributed by atoms with Crippen LogP contribution in [0.15, 0.2) is 97.1 Å². The summed E-state index contributed by atoms with van der Waals surface area (Å²) < 4.78 is 0. The van der Waals surface area contributed by atoms with E-state index in [0.29, 0.717) is 11.4 Å². The normalized spacial score (nSPS) is 12.0. The molecule has 0 amide bonds. The maximum Gasteiger partial charge on any atom is 0.149 e. The van der Waals surface area contributed by atoms with Gasteiger partial charge in [0.05, 0.1) is 5.92 Å². The molecule has 0 aliphatic rings. The Morgan fingerprint density at radius 1 is 0.704 bits per heavy atom. The molecule has 4 rings (SSSR count). The zero-order valence-corrected chi connectivity index (χ0v) is 15.6. The van der Waals surface area contributed by atoms with Crippen LogP contribution in [0, 0.1) is 0 Å². The van der Waals surface area contributed by atoms with E-state index in [2.05, 4.69) is 18.2 Å². The summed E-state index contributed by atoms with van der Waals surface area (Å²) in [5.74, 6) is -0.123. The lowest BCUT2D eigenvalue weighted by Crippen LogP contribution is -2.16. The highest BCUT2D eigenvalue weighted by atomic mass is 35.5. The minimum Gasteiger partial charge on any atom is -0.298 e. The lowest BCUT2D eigenvalue weighted by molar-refractivity contribution is -0.119. The molecule has 0 aliphatic carbocycles. The number of fused-ring (bicyclic) bond motifs is 1. The highest BCUT2D eigenvalue weighted by Crippen LogP contribution is 2.29. The number of carbonyl (C=O) groups is 1. The molecule has 1 nitrogen and oxygen atoms in total. The second-order valence-electron chi connectivity index (χ2n) is 6.68. The Labute approximate surface area is 164 Å². The van der Waals surface area contributed by atoms with Gasteiger partial charge in [0.25, 0.3) is 0 Å². The van der Waals surface area contributed by atoms with Gasteiger partial charge in [0.2, 0.25) is 0 Å². The van der Waals surface area contributed by atoms with Crippen molar-refractivity contribution in [2.75, 3.05) is 0 Å². The Bertz CT molecular complexity index is 1060. The van der Waals surface area contributed by atoms with Gasteiger partial charge >= 0.3 is 0 Å². The first-order chi connectivity index (χ1) is 13.2. The van der Waals surface area contributed by atoms with Crippen LogP contribution in [0.2, 0.25) is 5.02 Å². The number of carbonyl (C=O) groups excluding carboxylic acids is 1. The lowest BCUT2D eigenvalue weighted by Gasteiger charge is -2.18. The van der Waals surface area contributed by atoms with Gasteiger partial charge in [-0.1, -0.05) is 96.5 Å². The van der Waals surface area contributed by atoms with Crippen molar-refractivity contribution in [3.8, 4) is 0 Å². The third kappa shape index (κ3) is 3.79. The topological polar surface area (TPSA) is 17.1 Å². The molecular formula is C25H19ClO. The van der Waals surface area contributed by atoms with Gasteiger partial charge in [-0.2, -0.15) is 0 Å². The molecule has 0 spiro atoms. The first kappa shape index (κ1) is 17.5. The van der Waals surface area contributed by atoms with E-state index >= 15 is 0 Å². The van der Waals surface area contributed by atoms with Crippen molar-refractivity contribution < 1.29 is 4.79 Å². The fourth-order valence-corrected chi connectivity index (χ4v) is 3.73. The Morgan fingerprint density at radius 2 is 1.33 bits per heavy atom. The van der Waals surface area contributed by atoms with Gasteiger partial charge in [0.15, 0.2) is 0 Å². The number of hydrogen-bond donors (Lipinski definition) is 0. The van der Waals surface area contributed by atoms with E-state index in [9.17, 15) is 4.79 Å². The third-order valence-corrected chi connectivity index (χ3v) is 5.15. The van der Waals surface area contributed by atoms with E-state index in [1.54, 1.807) is 0 Å². The summed E-state index contributed by atoms with van der Waals surface area (Å²) in [5.41, 5.74) is 3.04. The lowest BCUT2D eigenvalue weighted by atomic mass is 9.84. The van der Waals surface area contributed by atoms with Crippen molar-refractivity contribution in [1.82, 2.24) is 0 Å². The van der Waals surface area contributed by atoms with E-state index in [4.69, 9.17) is 11.6 Å². The number of benzene rings is 4. The van der Waals surface area contributed by atoms with Crippen molar-refractivity contribution in [3.63, 3.8) is 0 Å². The highest BCUT2D eigenvalue weighted by Gasteiger charge is 2.23. The van der Waals surface area contributed by atoms with Crippen LogP contribution in [0.1, 0.15) is 22.6 Å². The monoisotopic (exact) mass is 370 g/mol. The quantitative estimate of drug-likeness (QED) is 0.395. The second kappa shape index (κ2) is 7.77. The first-order valence-electron chi connectivity index (χ1n) is 9.02. The van der Waals surface area contributed by atoms with Gasteiger partial charge in [0.1, 0.15) is 5.78 Å². The summed E-state index contributed by atoms with van der Waals surface area (Å²) in [7, 11) is 0. The fourth-order valence-electron chi connectivity index (χ4n) is 3.60. The van der Waals surface area contributed by atoms with Crippen LogP contribution in [0.25, 0.3) is 10.8 Å². The molecule has 4 aromatic carbocycles. The van der Waals surface area contributed by atoms with Crippen molar-refractivity contribution in [1.29, 1.82) is 0 Å². The fraction of sp³-hybridized carbons (Fsp3) is 0.0800. The first-order valence-corrected chi connectivity index (χ1v) is 9.40. The van der Waals surface area contributed by atoms with Gasteiger partial charge in [-0.3, -0.25) is 4.79 Å². The van der Waals surface area contributed by atoms with Crippen LogP contribution >= 0.6 is 11.6 Å². The number of Topliss-reactive ketones (excluding diaryl/α,β-unsaturated/α-hetero) is 1. The Kier molecular flexibility index (Phi) is 5.04. The average molecular weight is 371 g/mol. The summed E-state index contributed by atoms with van der Waals surface area (Å²) in [5, 5.41) is 2.97. The molecule has 0 bridgehead atoms. The predicted molar refractivity (Wildman–Crippen MR) is 112 cm³/mol. The van der Waals surface area contributed by atoms with Crippen molar-refractivity contribution in [2.24, 2.45) is 0 Å². The third-order valence-electron chi connectivity index (χ3n) is 4.90. The largest absolute Gasteiger partial charge is 0.298 e. The standard InChI is InChI=1S/C25H19ClO/c26-22-15-13-20(14-16-22)25(19-8-2-1-3-9-19)24(27)17-21-11-6-10-18-7-4-5-12-23(18)21/h1-16,25H,17H2. The molecule has 4 aromatic rings. The van der Waals surface area contributed by atoms with Crippen LogP contribution in [0.4, 0.5) is 0 Å². The molecule has 0 fully saturated rings. The smallest absolute Gasteiger partial charge is 0.149 e. The van der Waals surface area contributed by atoms with Gasteiger partial charge in [-0.05, 0) is 39.6 Å². The molecule has 1 unspecified atom stereocenters. The summed E-state index contributed by atoms with van der Waals surface area (Å²) in [6.45, 7) is 0. The van der Waals surface area contributed by atoms with E-state index < -0.39 is 0 Å². The maximum absolute atomic E-state index is 13.4. The molecule has 0 radical (unpaired) electrons. The second-order valence-corrected chi connectivity index (χ2v) is 7.11. The molecule has 0 aliphatic heterocycles. The van der Waals surface area contributed by atoms with Crippen LogP contribution < -0.4 is 0 Å². The van der Waals surface area contributed by atoms with Gasteiger partial charge in [0, 0.05) is 11.4 Å². The van der Waals surface area contributed by atoms with Crippen LogP contribution in [-0.2, 0) is 11.2 Å². The molecule has 2 heteroatoms. The molecule has 27 heavy (non-hydrogen) atoms.